The third-order valence-electron chi connectivity index (χ3n) is 3.23. The third-order valence-corrected chi connectivity index (χ3v) is 4.33. The van der Waals surface area contributed by atoms with Crippen molar-refractivity contribution >= 4 is 27.4 Å². The van der Waals surface area contributed by atoms with E-state index in [2.05, 4.69) is 9.97 Å². The van der Waals surface area contributed by atoms with E-state index in [4.69, 9.17) is 5.73 Å². The van der Waals surface area contributed by atoms with Crippen LogP contribution in [0.25, 0.3) is 21.6 Å². The van der Waals surface area contributed by atoms with E-state index in [0.29, 0.717) is 10.6 Å². The highest BCUT2D eigenvalue weighted by Gasteiger charge is 2.15. The number of benzene rings is 1. The van der Waals surface area contributed by atoms with Crippen molar-refractivity contribution in [3.63, 3.8) is 0 Å². The molecule has 20 heavy (non-hydrogen) atoms. The number of fused-ring (bicyclic) bond motifs is 1. The SMILES string of the molecule is Cc1sc2nc(-c3ccc(F)cc3F)nc(N)c2c1C. The first-order valence-electron chi connectivity index (χ1n) is 5.96. The number of nitrogens with two attached hydrogens (primary N) is 1. The van der Waals surface area contributed by atoms with E-state index in [9.17, 15) is 8.78 Å². The first-order chi connectivity index (χ1) is 9.47. The zero-order valence-corrected chi connectivity index (χ0v) is 11.7. The normalized spacial score (nSPS) is 11.2. The highest BCUT2D eigenvalue weighted by atomic mass is 32.1. The van der Waals surface area contributed by atoms with Crippen molar-refractivity contribution in [3.8, 4) is 11.4 Å². The molecule has 0 saturated heterocycles. The maximum Gasteiger partial charge on any atom is 0.166 e. The minimum Gasteiger partial charge on any atom is -0.383 e. The van der Waals surface area contributed by atoms with Crippen molar-refractivity contribution in [1.82, 2.24) is 9.97 Å². The second-order valence-electron chi connectivity index (χ2n) is 4.52. The smallest absolute Gasteiger partial charge is 0.166 e. The molecule has 2 N–H and O–H groups in total. The van der Waals surface area contributed by atoms with Crippen LogP contribution in [-0.4, -0.2) is 9.97 Å². The zero-order valence-electron chi connectivity index (χ0n) is 10.9. The Morgan fingerprint density at radius 2 is 1.90 bits per heavy atom. The van der Waals surface area contributed by atoms with Crippen LogP contribution in [0.15, 0.2) is 18.2 Å². The molecule has 0 amide bonds. The molecule has 0 unspecified atom stereocenters. The molecule has 0 aliphatic rings. The average Bonchev–Trinajstić information content (AvgIpc) is 2.65. The predicted octanol–water partition coefficient (Wildman–Crippen LogP) is 3.84. The maximum atomic E-state index is 13.8. The molecule has 3 rings (SSSR count). The van der Waals surface area contributed by atoms with E-state index in [1.54, 1.807) is 0 Å². The number of thiophene rings is 1. The summed E-state index contributed by atoms with van der Waals surface area (Å²) < 4.78 is 26.7. The van der Waals surface area contributed by atoms with Crippen LogP contribution in [0, 0.1) is 25.5 Å². The number of aromatic nitrogens is 2. The van der Waals surface area contributed by atoms with Gasteiger partial charge in [-0.15, -0.1) is 11.3 Å². The van der Waals surface area contributed by atoms with Gasteiger partial charge < -0.3 is 5.73 Å². The van der Waals surface area contributed by atoms with Gasteiger partial charge in [0.25, 0.3) is 0 Å². The third kappa shape index (κ3) is 1.92. The zero-order chi connectivity index (χ0) is 14.4. The Balaban J connectivity index is 2.27. The lowest BCUT2D eigenvalue weighted by molar-refractivity contribution is 0.585. The number of nitrogen functional groups attached to an aromatic ring is 1. The minimum atomic E-state index is -0.700. The molecule has 6 heteroatoms. The lowest BCUT2D eigenvalue weighted by Gasteiger charge is -2.04. The molecule has 0 saturated carbocycles. The van der Waals surface area contributed by atoms with Gasteiger partial charge >= 0.3 is 0 Å². The van der Waals surface area contributed by atoms with Gasteiger partial charge in [0.05, 0.1) is 10.9 Å². The van der Waals surface area contributed by atoms with Crippen LogP contribution in [0.2, 0.25) is 0 Å². The van der Waals surface area contributed by atoms with Gasteiger partial charge in [-0.2, -0.15) is 0 Å². The first-order valence-corrected chi connectivity index (χ1v) is 6.77. The summed E-state index contributed by atoms with van der Waals surface area (Å²) in [4.78, 5) is 10.3. The number of nitrogens with zero attached hydrogens (tertiary/aromatic N) is 2. The van der Waals surface area contributed by atoms with Gasteiger partial charge in [0.15, 0.2) is 5.82 Å². The summed E-state index contributed by atoms with van der Waals surface area (Å²) in [6.45, 7) is 3.92. The fourth-order valence-corrected chi connectivity index (χ4v) is 3.11. The van der Waals surface area contributed by atoms with Crippen LogP contribution in [0.4, 0.5) is 14.6 Å². The fraction of sp³-hybridized carbons (Fsp3) is 0.143. The molecule has 102 valence electrons. The average molecular weight is 291 g/mol. The standard InChI is InChI=1S/C14H11F2N3S/c1-6-7(2)20-14-11(6)12(17)18-13(19-14)9-4-3-8(15)5-10(9)16/h3-5H,1-2H3,(H2,17,18,19). The van der Waals surface area contributed by atoms with Crippen molar-refractivity contribution < 1.29 is 8.78 Å². The quantitative estimate of drug-likeness (QED) is 0.741. The number of aryl methyl sites for hydroxylation is 2. The molecule has 0 atom stereocenters. The molecule has 0 aliphatic carbocycles. The molecule has 1 aromatic carbocycles. The number of anilines is 1. The monoisotopic (exact) mass is 291 g/mol. The summed E-state index contributed by atoms with van der Waals surface area (Å²) in [6, 6.07) is 3.30. The van der Waals surface area contributed by atoms with Crippen molar-refractivity contribution in [3.05, 3.63) is 40.3 Å². The number of hydrogen-bond acceptors (Lipinski definition) is 4. The van der Waals surface area contributed by atoms with Gasteiger partial charge in [-0.25, -0.2) is 18.7 Å². The first kappa shape index (κ1) is 12.9. The van der Waals surface area contributed by atoms with E-state index in [-0.39, 0.29) is 11.4 Å². The van der Waals surface area contributed by atoms with Crippen LogP contribution in [0.3, 0.4) is 0 Å². The van der Waals surface area contributed by atoms with Gasteiger partial charge in [0.2, 0.25) is 0 Å². The van der Waals surface area contributed by atoms with Crippen LogP contribution in [-0.2, 0) is 0 Å². The number of rotatable bonds is 1. The number of halogens is 2. The van der Waals surface area contributed by atoms with Gasteiger partial charge in [-0.1, -0.05) is 0 Å². The summed E-state index contributed by atoms with van der Waals surface area (Å²) in [7, 11) is 0. The molecular formula is C14H11F2N3S. The topological polar surface area (TPSA) is 51.8 Å². The second kappa shape index (κ2) is 4.49. The van der Waals surface area contributed by atoms with E-state index >= 15 is 0 Å². The minimum absolute atomic E-state index is 0.142. The van der Waals surface area contributed by atoms with Crippen LogP contribution < -0.4 is 5.73 Å². The van der Waals surface area contributed by atoms with E-state index < -0.39 is 11.6 Å². The molecule has 2 aromatic heterocycles. The highest BCUT2D eigenvalue weighted by molar-refractivity contribution is 7.18. The molecule has 2 heterocycles. The van der Waals surface area contributed by atoms with Crippen molar-refractivity contribution in [2.75, 3.05) is 5.73 Å². The summed E-state index contributed by atoms with van der Waals surface area (Å²) in [5, 5.41) is 0.804. The lowest BCUT2D eigenvalue weighted by Crippen LogP contribution is -1.98. The van der Waals surface area contributed by atoms with E-state index in [1.165, 1.54) is 23.5 Å². The Morgan fingerprint density at radius 3 is 2.60 bits per heavy atom. The van der Waals surface area contributed by atoms with Crippen LogP contribution >= 0.6 is 11.3 Å². The largest absolute Gasteiger partial charge is 0.383 e. The number of hydrogen-bond donors (Lipinski definition) is 1. The summed E-state index contributed by atoms with van der Waals surface area (Å²) >= 11 is 1.48. The maximum absolute atomic E-state index is 13.8. The molecule has 3 nitrogen and oxygen atoms in total. The lowest BCUT2D eigenvalue weighted by atomic mass is 10.1. The summed E-state index contributed by atoms with van der Waals surface area (Å²) in [5.41, 5.74) is 7.13. The summed E-state index contributed by atoms with van der Waals surface area (Å²) in [6.07, 6.45) is 0. The van der Waals surface area contributed by atoms with Crippen molar-refractivity contribution in [2.24, 2.45) is 0 Å². The molecule has 0 bridgehead atoms. The van der Waals surface area contributed by atoms with Crippen LogP contribution in [0.1, 0.15) is 10.4 Å². The Bertz CT molecular complexity index is 827. The molecule has 3 aromatic rings. The molecule has 0 spiro atoms. The van der Waals surface area contributed by atoms with Gasteiger partial charge in [0, 0.05) is 10.9 Å². The highest BCUT2D eigenvalue weighted by Crippen LogP contribution is 2.34. The Kier molecular flexibility index (Phi) is 2.90. The van der Waals surface area contributed by atoms with Gasteiger partial charge in [0.1, 0.15) is 22.3 Å². The van der Waals surface area contributed by atoms with Crippen molar-refractivity contribution in [2.45, 2.75) is 13.8 Å². The Morgan fingerprint density at radius 1 is 1.15 bits per heavy atom. The fourth-order valence-electron chi connectivity index (χ4n) is 2.07. The molecule has 0 radical (unpaired) electrons. The summed E-state index contributed by atoms with van der Waals surface area (Å²) in [5.74, 6) is -0.846. The predicted molar refractivity (Wildman–Crippen MR) is 76.7 cm³/mol. The Hall–Kier alpha value is -2.08. The Labute approximate surface area is 118 Å². The molecule has 0 fully saturated rings. The molecular weight excluding hydrogens is 280 g/mol. The second-order valence-corrected chi connectivity index (χ2v) is 5.72. The van der Waals surface area contributed by atoms with E-state index in [0.717, 1.165) is 21.9 Å². The van der Waals surface area contributed by atoms with Gasteiger partial charge in [-0.3, -0.25) is 0 Å². The molecule has 0 aliphatic heterocycles. The van der Waals surface area contributed by atoms with Crippen molar-refractivity contribution in [1.29, 1.82) is 0 Å². The van der Waals surface area contributed by atoms with Gasteiger partial charge in [-0.05, 0) is 31.5 Å². The van der Waals surface area contributed by atoms with Crippen LogP contribution in [0.5, 0.6) is 0 Å². The van der Waals surface area contributed by atoms with E-state index in [1.807, 2.05) is 13.8 Å².